The van der Waals surface area contributed by atoms with Crippen molar-refractivity contribution in [1.82, 2.24) is 20.3 Å². The summed E-state index contributed by atoms with van der Waals surface area (Å²) in [6.45, 7) is 2.19. The molecule has 0 bridgehead atoms. The summed E-state index contributed by atoms with van der Waals surface area (Å²) in [5.41, 5.74) is 10.1. The van der Waals surface area contributed by atoms with E-state index < -0.39 is 0 Å². The number of rotatable bonds is 6. The standard InChI is InChI=1S/C19H21N5O2/c1-2-4-15-17-16(24-19(20)23-15)8-7-14(22-17)12-5-3-6-13(11-12)18(26)21-9-10-25/h3,5-8,11,25H,2,4,9-10H2,1H3,(H,21,26)(H2,20,23,24). The summed E-state index contributed by atoms with van der Waals surface area (Å²) >= 11 is 0. The number of amides is 1. The third-order valence-electron chi connectivity index (χ3n) is 3.94. The highest BCUT2D eigenvalue weighted by Crippen LogP contribution is 2.23. The van der Waals surface area contributed by atoms with Gasteiger partial charge in [0.25, 0.3) is 5.91 Å². The molecule has 0 aliphatic carbocycles. The predicted octanol–water partition coefficient (Wildman–Crippen LogP) is 1.95. The van der Waals surface area contributed by atoms with Crippen molar-refractivity contribution in [3.8, 4) is 11.3 Å². The van der Waals surface area contributed by atoms with Crippen LogP contribution in [-0.2, 0) is 6.42 Å². The molecule has 0 fully saturated rings. The number of hydrogen-bond acceptors (Lipinski definition) is 6. The number of aliphatic hydroxyl groups excluding tert-OH is 1. The zero-order chi connectivity index (χ0) is 18.5. The van der Waals surface area contributed by atoms with Crippen molar-refractivity contribution in [1.29, 1.82) is 0 Å². The summed E-state index contributed by atoms with van der Waals surface area (Å²) in [5.74, 6) is 0.0162. The number of pyridine rings is 1. The van der Waals surface area contributed by atoms with E-state index in [0.29, 0.717) is 11.1 Å². The monoisotopic (exact) mass is 351 g/mol. The van der Waals surface area contributed by atoms with Crippen LogP contribution in [0.5, 0.6) is 0 Å². The maximum atomic E-state index is 12.1. The molecule has 0 atom stereocenters. The lowest BCUT2D eigenvalue weighted by atomic mass is 10.1. The second-order valence-electron chi connectivity index (χ2n) is 5.90. The number of benzene rings is 1. The summed E-state index contributed by atoms with van der Waals surface area (Å²) < 4.78 is 0. The van der Waals surface area contributed by atoms with Crippen LogP contribution in [-0.4, -0.2) is 39.1 Å². The Morgan fingerprint density at radius 3 is 2.81 bits per heavy atom. The van der Waals surface area contributed by atoms with Crippen molar-refractivity contribution in [3.05, 3.63) is 47.7 Å². The molecule has 7 nitrogen and oxygen atoms in total. The van der Waals surface area contributed by atoms with Gasteiger partial charge < -0.3 is 16.2 Å². The quantitative estimate of drug-likeness (QED) is 0.625. The predicted molar refractivity (Wildman–Crippen MR) is 101 cm³/mol. The second kappa shape index (κ2) is 7.88. The molecule has 134 valence electrons. The first-order chi connectivity index (χ1) is 12.6. The average molecular weight is 351 g/mol. The number of fused-ring (bicyclic) bond motifs is 1. The zero-order valence-corrected chi connectivity index (χ0v) is 14.6. The van der Waals surface area contributed by atoms with Gasteiger partial charge in [-0.1, -0.05) is 25.5 Å². The van der Waals surface area contributed by atoms with Crippen LogP contribution in [0.15, 0.2) is 36.4 Å². The molecule has 0 radical (unpaired) electrons. The molecule has 0 aliphatic rings. The van der Waals surface area contributed by atoms with Gasteiger partial charge in [-0.3, -0.25) is 4.79 Å². The minimum atomic E-state index is -0.232. The Balaban J connectivity index is 2.01. The Morgan fingerprint density at radius 2 is 2.04 bits per heavy atom. The Kier molecular flexibility index (Phi) is 5.38. The van der Waals surface area contributed by atoms with Gasteiger partial charge in [-0.2, -0.15) is 0 Å². The van der Waals surface area contributed by atoms with Gasteiger partial charge in [0.2, 0.25) is 5.95 Å². The number of aromatic nitrogens is 3. The van der Waals surface area contributed by atoms with Crippen LogP contribution >= 0.6 is 0 Å². The first kappa shape index (κ1) is 17.8. The molecule has 0 aliphatic heterocycles. The van der Waals surface area contributed by atoms with E-state index in [9.17, 15) is 4.79 Å². The number of nitrogen functional groups attached to an aromatic ring is 1. The molecular formula is C19H21N5O2. The number of aliphatic hydroxyl groups is 1. The topological polar surface area (TPSA) is 114 Å². The van der Waals surface area contributed by atoms with Gasteiger partial charge in [-0.15, -0.1) is 0 Å². The highest BCUT2D eigenvalue weighted by Gasteiger charge is 2.11. The average Bonchev–Trinajstić information content (AvgIpc) is 2.66. The maximum absolute atomic E-state index is 12.1. The van der Waals surface area contributed by atoms with Gasteiger partial charge in [0.1, 0.15) is 5.52 Å². The van der Waals surface area contributed by atoms with Crippen molar-refractivity contribution in [2.75, 3.05) is 18.9 Å². The number of hydrogen-bond donors (Lipinski definition) is 3. The first-order valence-electron chi connectivity index (χ1n) is 8.55. The van der Waals surface area contributed by atoms with Crippen LogP contribution < -0.4 is 11.1 Å². The SMILES string of the molecule is CCCc1nc(N)nc2ccc(-c3cccc(C(=O)NCCO)c3)nc12. The lowest BCUT2D eigenvalue weighted by Gasteiger charge is -2.09. The Labute approximate surface area is 151 Å². The van der Waals surface area contributed by atoms with E-state index in [1.165, 1.54) is 0 Å². The van der Waals surface area contributed by atoms with Crippen LogP contribution in [0.4, 0.5) is 5.95 Å². The van der Waals surface area contributed by atoms with E-state index in [2.05, 4.69) is 22.2 Å². The van der Waals surface area contributed by atoms with Crippen LogP contribution in [0.2, 0.25) is 0 Å². The van der Waals surface area contributed by atoms with Gasteiger partial charge in [0, 0.05) is 17.7 Å². The Bertz CT molecular complexity index is 942. The van der Waals surface area contributed by atoms with E-state index >= 15 is 0 Å². The van der Waals surface area contributed by atoms with E-state index in [1.807, 2.05) is 24.3 Å². The molecule has 26 heavy (non-hydrogen) atoms. The smallest absolute Gasteiger partial charge is 0.251 e. The fraction of sp³-hybridized carbons (Fsp3) is 0.263. The number of nitrogens with one attached hydrogen (secondary N) is 1. The maximum Gasteiger partial charge on any atom is 0.251 e. The van der Waals surface area contributed by atoms with E-state index in [4.69, 9.17) is 15.8 Å². The van der Waals surface area contributed by atoms with Crippen molar-refractivity contribution >= 4 is 22.9 Å². The molecule has 4 N–H and O–H groups in total. The second-order valence-corrected chi connectivity index (χ2v) is 5.90. The normalized spacial score (nSPS) is 10.8. The first-order valence-corrected chi connectivity index (χ1v) is 8.55. The number of nitrogens with two attached hydrogens (primary N) is 1. The third-order valence-corrected chi connectivity index (χ3v) is 3.94. The number of carbonyl (C=O) groups excluding carboxylic acids is 1. The molecule has 1 amide bonds. The van der Waals surface area contributed by atoms with Gasteiger partial charge in [0.05, 0.1) is 23.5 Å². The lowest BCUT2D eigenvalue weighted by molar-refractivity contribution is 0.0945. The lowest BCUT2D eigenvalue weighted by Crippen LogP contribution is -2.26. The fourth-order valence-corrected chi connectivity index (χ4v) is 2.76. The van der Waals surface area contributed by atoms with Crippen molar-refractivity contribution < 1.29 is 9.90 Å². The Morgan fingerprint density at radius 1 is 1.19 bits per heavy atom. The summed E-state index contributed by atoms with van der Waals surface area (Å²) in [6.07, 6.45) is 1.70. The molecule has 0 unspecified atom stereocenters. The van der Waals surface area contributed by atoms with Crippen molar-refractivity contribution in [2.24, 2.45) is 0 Å². The van der Waals surface area contributed by atoms with Gasteiger partial charge in [0.15, 0.2) is 0 Å². The summed E-state index contributed by atoms with van der Waals surface area (Å²) in [7, 11) is 0. The van der Waals surface area contributed by atoms with Crippen LogP contribution in [0.3, 0.4) is 0 Å². The molecule has 0 spiro atoms. The molecule has 2 heterocycles. The fourth-order valence-electron chi connectivity index (χ4n) is 2.76. The van der Waals surface area contributed by atoms with Gasteiger partial charge >= 0.3 is 0 Å². The van der Waals surface area contributed by atoms with Gasteiger partial charge in [-0.05, 0) is 30.7 Å². The highest BCUT2D eigenvalue weighted by atomic mass is 16.3. The van der Waals surface area contributed by atoms with E-state index in [1.54, 1.807) is 12.1 Å². The Hall–Kier alpha value is -3.06. The third kappa shape index (κ3) is 3.78. The molecule has 0 saturated carbocycles. The van der Waals surface area contributed by atoms with Crippen LogP contribution in [0.25, 0.3) is 22.3 Å². The molecule has 3 aromatic rings. The number of anilines is 1. The zero-order valence-electron chi connectivity index (χ0n) is 14.6. The molecule has 3 rings (SSSR count). The minimum Gasteiger partial charge on any atom is -0.395 e. The van der Waals surface area contributed by atoms with Crippen molar-refractivity contribution in [3.63, 3.8) is 0 Å². The summed E-state index contributed by atoms with van der Waals surface area (Å²) in [4.78, 5) is 25.4. The molecule has 7 heteroatoms. The van der Waals surface area contributed by atoms with Crippen LogP contribution in [0, 0.1) is 0 Å². The van der Waals surface area contributed by atoms with E-state index in [0.717, 1.165) is 35.3 Å². The largest absolute Gasteiger partial charge is 0.395 e. The summed E-state index contributed by atoms with van der Waals surface area (Å²) in [6, 6.07) is 10.9. The van der Waals surface area contributed by atoms with Crippen LogP contribution in [0.1, 0.15) is 29.4 Å². The molecule has 0 saturated heterocycles. The molecule has 2 aromatic heterocycles. The summed E-state index contributed by atoms with van der Waals surface area (Å²) in [5, 5.41) is 11.5. The highest BCUT2D eigenvalue weighted by molar-refractivity contribution is 5.95. The van der Waals surface area contributed by atoms with Gasteiger partial charge in [-0.25, -0.2) is 15.0 Å². The number of carbonyl (C=O) groups is 1. The van der Waals surface area contributed by atoms with E-state index in [-0.39, 0.29) is 25.0 Å². The minimum absolute atomic E-state index is 0.0962. The molecular weight excluding hydrogens is 330 g/mol. The number of nitrogens with zero attached hydrogens (tertiary/aromatic N) is 3. The van der Waals surface area contributed by atoms with Crippen molar-refractivity contribution in [2.45, 2.75) is 19.8 Å². The molecule has 1 aromatic carbocycles. The number of aryl methyl sites for hydroxylation is 1.